The number of thiophene rings is 1. The van der Waals surface area contributed by atoms with Crippen LogP contribution in [-0.4, -0.2) is 28.3 Å². The molecule has 0 aromatic carbocycles. The summed E-state index contributed by atoms with van der Waals surface area (Å²) in [6.45, 7) is 5.86. The second-order valence-electron chi connectivity index (χ2n) is 5.98. The van der Waals surface area contributed by atoms with Gasteiger partial charge in [-0.3, -0.25) is 19.8 Å². The molecule has 0 aliphatic carbocycles. The number of fused-ring (bicyclic) bond motifs is 1. The largest absolute Gasteiger partial charge is 0.433 e. The third-order valence-corrected chi connectivity index (χ3v) is 5.28. The van der Waals surface area contributed by atoms with Crippen LogP contribution in [0.2, 0.25) is 0 Å². The molecule has 2 aromatic heterocycles. The summed E-state index contributed by atoms with van der Waals surface area (Å²) in [5.74, 6) is -1.27. The summed E-state index contributed by atoms with van der Waals surface area (Å²) in [4.78, 5) is 25.6. The number of carbonyl (C=O) groups excluding carboxylic acids is 1. The van der Waals surface area contributed by atoms with Crippen molar-refractivity contribution in [3.63, 3.8) is 0 Å². The zero-order valence-electron chi connectivity index (χ0n) is 13.7. The number of furan rings is 1. The molecule has 0 bridgehead atoms. The fraction of sp³-hybridized carbons (Fsp3) is 0.375. The number of nitrogens with zero attached hydrogens (tertiary/aromatic N) is 3. The van der Waals surface area contributed by atoms with Crippen molar-refractivity contribution in [2.24, 2.45) is 0 Å². The van der Waals surface area contributed by atoms with Crippen LogP contribution in [0.25, 0.3) is 0 Å². The Morgan fingerprint density at radius 2 is 2.28 bits per heavy atom. The van der Waals surface area contributed by atoms with Gasteiger partial charge in [-0.2, -0.15) is 5.26 Å². The van der Waals surface area contributed by atoms with Gasteiger partial charge in [0.2, 0.25) is 0 Å². The van der Waals surface area contributed by atoms with Gasteiger partial charge in [-0.1, -0.05) is 0 Å². The fourth-order valence-corrected chi connectivity index (χ4v) is 4.00. The summed E-state index contributed by atoms with van der Waals surface area (Å²) in [6.07, 6.45) is 0.759. The van der Waals surface area contributed by atoms with Crippen molar-refractivity contribution in [1.82, 2.24) is 4.90 Å². The van der Waals surface area contributed by atoms with Crippen molar-refractivity contribution in [2.75, 3.05) is 11.9 Å². The Morgan fingerprint density at radius 3 is 2.88 bits per heavy atom. The number of anilines is 1. The zero-order valence-corrected chi connectivity index (χ0v) is 14.6. The smallest absolute Gasteiger partial charge is 0.395 e. The Balaban J connectivity index is 1.84. The molecule has 0 fully saturated rings. The lowest BCUT2D eigenvalue weighted by atomic mass is 10.0. The van der Waals surface area contributed by atoms with Crippen molar-refractivity contribution in [3.05, 3.63) is 44.0 Å². The van der Waals surface area contributed by atoms with Crippen LogP contribution in [-0.2, 0) is 13.0 Å². The van der Waals surface area contributed by atoms with Crippen LogP contribution in [0.5, 0.6) is 0 Å². The molecular formula is C16H16N4O4S. The van der Waals surface area contributed by atoms with E-state index < -0.39 is 16.7 Å². The van der Waals surface area contributed by atoms with Gasteiger partial charge >= 0.3 is 5.88 Å². The minimum atomic E-state index is -0.707. The van der Waals surface area contributed by atoms with E-state index in [0.717, 1.165) is 36.0 Å². The molecule has 3 rings (SSSR count). The first-order valence-corrected chi connectivity index (χ1v) is 8.56. The molecule has 1 amide bonds. The second-order valence-corrected chi connectivity index (χ2v) is 7.09. The number of carbonyl (C=O) groups is 1. The van der Waals surface area contributed by atoms with Crippen LogP contribution >= 0.6 is 11.3 Å². The highest BCUT2D eigenvalue weighted by Crippen LogP contribution is 2.37. The Kier molecular flexibility index (Phi) is 4.57. The van der Waals surface area contributed by atoms with Gasteiger partial charge < -0.3 is 9.73 Å². The average Bonchev–Trinajstić information content (AvgIpc) is 3.18. The molecular weight excluding hydrogens is 344 g/mol. The van der Waals surface area contributed by atoms with E-state index in [9.17, 15) is 20.2 Å². The van der Waals surface area contributed by atoms with Gasteiger partial charge in [0.25, 0.3) is 5.91 Å². The van der Waals surface area contributed by atoms with E-state index in [1.165, 1.54) is 17.4 Å². The van der Waals surface area contributed by atoms with Gasteiger partial charge in [0.05, 0.1) is 11.6 Å². The van der Waals surface area contributed by atoms with Crippen LogP contribution in [0.15, 0.2) is 16.5 Å². The molecule has 1 aliphatic heterocycles. The number of nitrogens with one attached hydrogen (secondary N) is 1. The summed E-state index contributed by atoms with van der Waals surface area (Å²) in [5, 5.41) is 23.2. The maximum absolute atomic E-state index is 12.3. The first-order valence-electron chi connectivity index (χ1n) is 7.75. The normalized spacial score (nSPS) is 14.2. The highest BCUT2D eigenvalue weighted by atomic mass is 32.1. The van der Waals surface area contributed by atoms with Gasteiger partial charge in [0.1, 0.15) is 16.0 Å². The number of nitriles is 1. The van der Waals surface area contributed by atoms with E-state index in [0.29, 0.717) is 16.6 Å². The molecule has 8 nitrogen and oxygen atoms in total. The number of nitro groups is 1. The first kappa shape index (κ1) is 17.1. The molecule has 9 heteroatoms. The van der Waals surface area contributed by atoms with E-state index >= 15 is 0 Å². The molecule has 0 atom stereocenters. The Bertz CT molecular complexity index is 877. The number of rotatable bonds is 4. The number of hydrogen-bond acceptors (Lipinski definition) is 7. The van der Waals surface area contributed by atoms with Gasteiger partial charge in [0.15, 0.2) is 5.76 Å². The van der Waals surface area contributed by atoms with E-state index in [2.05, 4.69) is 30.1 Å². The summed E-state index contributed by atoms with van der Waals surface area (Å²) >= 11 is 1.37. The lowest BCUT2D eigenvalue weighted by Gasteiger charge is -2.30. The SMILES string of the molecule is CC(C)N1CCc2c(sc(NC(=O)c3ccc([N+](=O)[O-])o3)c2C#N)C1. The molecule has 1 aliphatic rings. The Morgan fingerprint density at radius 1 is 1.52 bits per heavy atom. The third kappa shape index (κ3) is 3.26. The molecule has 2 aromatic rings. The Labute approximate surface area is 147 Å². The maximum Gasteiger partial charge on any atom is 0.433 e. The minimum Gasteiger partial charge on any atom is -0.395 e. The summed E-state index contributed by atoms with van der Waals surface area (Å²) in [6, 6.07) is 4.94. The number of hydrogen-bond donors (Lipinski definition) is 1. The predicted octanol–water partition coefficient (Wildman–Crippen LogP) is 3.14. The van der Waals surface area contributed by atoms with Crippen LogP contribution in [0.1, 0.15) is 40.4 Å². The summed E-state index contributed by atoms with van der Waals surface area (Å²) in [5.41, 5.74) is 1.45. The van der Waals surface area contributed by atoms with Gasteiger partial charge in [0, 0.05) is 24.0 Å². The quantitative estimate of drug-likeness (QED) is 0.662. The average molecular weight is 360 g/mol. The van der Waals surface area contributed by atoms with Crippen LogP contribution in [0.3, 0.4) is 0 Å². The Hall–Kier alpha value is -2.70. The molecule has 25 heavy (non-hydrogen) atoms. The lowest BCUT2D eigenvalue weighted by molar-refractivity contribution is -0.402. The highest BCUT2D eigenvalue weighted by molar-refractivity contribution is 7.16. The van der Waals surface area contributed by atoms with Crippen molar-refractivity contribution in [2.45, 2.75) is 32.9 Å². The van der Waals surface area contributed by atoms with Crippen molar-refractivity contribution < 1.29 is 14.1 Å². The molecule has 1 N–H and O–H groups in total. The minimum absolute atomic E-state index is 0.161. The standard InChI is InChI=1S/C16H16N4O4S/c1-9(2)19-6-5-10-11(7-17)16(25-13(10)8-19)18-15(21)12-3-4-14(24-12)20(22)23/h3-4,9H,5-6,8H2,1-2H3,(H,18,21). The molecule has 0 radical (unpaired) electrons. The molecule has 0 saturated heterocycles. The third-order valence-electron chi connectivity index (χ3n) is 4.15. The van der Waals surface area contributed by atoms with Crippen LogP contribution in [0.4, 0.5) is 10.9 Å². The van der Waals surface area contributed by atoms with E-state index in [1.807, 2.05) is 0 Å². The maximum atomic E-state index is 12.3. The van der Waals surface area contributed by atoms with E-state index in [1.54, 1.807) is 0 Å². The topological polar surface area (TPSA) is 112 Å². The summed E-state index contributed by atoms with van der Waals surface area (Å²) < 4.78 is 4.91. The van der Waals surface area contributed by atoms with Gasteiger partial charge in [-0.15, -0.1) is 11.3 Å². The van der Waals surface area contributed by atoms with Crippen LogP contribution < -0.4 is 5.32 Å². The fourth-order valence-electron chi connectivity index (χ4n) is 2.78. The van der Waals surface area contributed by atoms with E-state index in [-0.39, 0.29) is 5.76 Å². The predicted molar refractivity (Wildman–Crippen MR) is 91.6 cm³/mol. The lowest BCUT2D eigenvalue weighted by Crippen LogP contribution is -2.35. The zero-order chi connectivity index (χ0) is 18.1. The van der Waals surface area contributed by atoms with Gasteiger partial charge in [-0.25, -0.2) is 0 Å². The van der Waals surface area contributed by atoms with E-state index in [4.69, 9.17) is 4.42 Å². The second kappa shape index (κ2) is 6.66. The van der Waals surface area contributed by atoms with Crippen molar-refractivity contribution in [3.8, 4) is 6.07 Å². The highest BCUT2D eigenvalue weighted by Gasteiger charge is 2.27. The van der Waals surface area contributed by atoms with Crippen LogP contribution in [0, 0.1) is 21.4 Å². The molecule has 3 heterocycles. The summed E-state index contributed by atoms with van der Waals surface area (Å²) in [7, 11) is 0. The van der Waals surface area contributed by atoms with Crippen molar-refractivity contribution in [1.29, 1.82) is 5.26 Å². The molecule has 0 unspecified atom stereocenters. The number of amides is 1. The molecule has 0 spiro atoms. The van der Waals surface area contributed by atoms with Crippen molar-refractivity contribution >= 4 is 28.1 Å². The van der Waals surface area contributed by atoms with Gasteiger partial charge in [-0.05, 0) is 31.9 Å². The molecule has 0 saturated carbocycles. The molecule has 130 valence electrons. The first-order chi connectivity index (χ1) is 11.9. The monoisotopic (exact) mass is 360 g/mol.